The molecular weight excluding hydrogens is 230 g/mol. The van der Waals surface area contributed by atoms with E-state index in [0.29, 0.717) is 0 Å². The fourth-order valence-electron chi connectivity index (χ4n) is 2.28. The lowest BCUT2D eigenvalue weighted by atomic mass is 10.1. The first-order valence-electron chi connectivity index (χ1n) is 5.62. The molecule has 1 aromatic carbocycles. The third-order valence-corrected chi connectivity index (χ3v) is 4.25. The van der Waals surface area contributed by atoms with Crippen molar-refractivity contribution in [2.45, 2.75) is 13.0 Å². The summed E-state index contributed by atoms with van der Waals surface area (Å²) >= 11 is 1.75. The molecule has 0 spiro atoms. The number of likely N-dealkylation sites (N-methyl/N-ethyl adjacent to an activating group) is 1. The van der Waals surface area contributed by atoms with E-state index in [9.17, 15) is 0 Å². The van der Waals surface area contributed by atoms with Crippen LogP contribution >= 0.6 is 11.8 Å². The molecule has 0 fully saturated rings. The Morgan fingerprint density at radius 3 is 2.59 bits per heavy atom. The van der Waals surface area contributed by atoms with Crippen molar-refractivity contribution < 1.29 is 0 Å². The SMILES string of the molecule is CC1=C(N)N2C(=CC(c3ccccc3)N2C)S1. The van der Waals surface area contributed by atoms with Crippen molar-refractivity contribution in [1.82, 2.24) is 10.0 Å². The Kier molecular flexibility index (Phi) is 2.42. The maximum Gasteiger partial charge on any atom is 0.129 e. The number of benzene rings is 1. The molecule has 2 aliphatic rings. The van der Waals surface area contributed by atoms with Crippen LogP contribution in [-0.4, -0.2) is 17.1 Å². The number of hydrazine groups is 1. The third kappa shape index (κ3) is 1.56. The van der Waals surface area contributed by atoms with Gasteiger partial charge in [0.25, 0.3) is 0 Å². The lowest BCUT2D eigenvalue weighted by molar-refractivity contribution is 0.0781. The molecule has 2 heterocycles. The molecule has 2 N–H and O–H groups in total. The summed E-state index contributed by atoms with van der Waals surface area (Å²) in [5, 5.41) is 5.50. The molecule has 2 aliphatic heterocycles. The standard InChI is InChI=1S/C13H15N3S/c1-9-13(14)16-12(17-9)8-11(15(16)2)10-6-4-3-5-7-10/h3-8,11H,14H2,1-2H3. The minimum absolute atomic E-state index is 0.283. The third-order valence-electron chi connectivity index (χ3n) is 3.21. The minimum Gasteiger partial charge on any atom is -0.383 e. The van der Waals surface area contributed by atoms with Crippen LogP contribution in [0.15, 0.2) is 52.2 Å². The van der Waals surface area contributed by atoms with Gasteiger partial charge in [0.05, 0.1) is 11.1 Å². The molecule has 0 aromatic heterocycles. The van der Waals surface area contributed by atoms with Crippen LogP contribution in [-0.2, 0) is 0 Å². The second kappa shape index (κ2) is 3.82. The Balaban J connectivity index is 1.95. The van der Waals surface area contributed by atoms with Gasteiger partial charge in [-0.2, -0.15) is 0 Å². The molecule has 0 amide bonds. The maximum absolute atomic E-state index is 6.10. The maximum atomic E-state index is 6.10. The smallest absolute Gasteiger partial charge is 0.129 e. The second-order valence-electron chi connectivity index (χ2n) is 4.29. The van der Waals surface area contributed by atoms with Gasteiger partial charge < -0.3 is 5.73 Å². The molecule has 0 saturated carbocycles. The van der Waals surface area contributed by atoms with Crippen LogP contribution < -0.4 is 5.73 Å². The molecule has 0 saturated heterocycles. The van der Waals surface area contributed by atoms with Crippen molar-refractivity contribution in [3.8, 4) is 0 Å². The van der Waals surface area contributed by atoms with E-state index in [0.717, 1.165) is 5.82 Å². The number of nitrogens with zero attached hydrogens (tertiary/aromatic N) is 2. The summed E-state index contributed by atoms with van der Waals surface area (Å²) in [6.07, 6.45) is 2.27. The van der Waals surface area contributed by atoms with Crippen molar-refractivity contribution in [3.63, 3.8) is 0 Å². The van der Waals surface area contributed by atoms with Crippen LogP contribution in [0.25, 0.3) is 0 Å². The number of nitrogens with two attached hydrogens (primary N) is 1. The quantitative estimate of drug-likeness (QED) is 0.824. The highest BCUT2D eigenvalue weighted by Crippen LogP contribution is 2.47. The van der Waals surface area contributed by atoms with Crippen LogP contribution in [0, 0.1) is 0 Å². The highest BCUT2D eigenvalue weighted by Gasteiger charge is 2.36. The lowest BCUT2D eigenvalue weighted by Gasteiger charge is -2.29. The van der Waals surface area contributed by atoms with Crippen LogP contribution in [0.4, 0.5) is 0 Å². The van der Waals surface area contributed by atoms with Crippen molar-refractivity contribution in [3.05, 3.63) is 57.7 Å². The summed E-state index contributed by atoms with van der Waals surface area (Å²) in [5.74, 6) is 0.849. The Morgan fingerprint density at radius 1 is 1.24 bits per heavy atom. The highest BCUT2D eigenvalue weighted by atomic mass is 32.2. The molecule has 1 unspecified atom stereocenters. The van der Waals surface area contributed by atoms with Crippen LogP contribution in [0.2, 0.25) is 0 Å². The Hall–Kier alpha value is -1.39. The van der Waals surface area contributed by atoms with Crippen molar-refractivity contribution in [2.24, 2.45) is 5.73 Å². The normalized spacial score (nSPS) is 24.2. The van der Waals surface area contributed by atoms with Crippen molar-refractivity contribution in [1.29, 1.82) is 0 Å². The summed E-state index contributed by atoms with van der Waals surface area (Å²) in [6.45, 7) is 2.06. The van der Waals surface area contributed by atoms with E-state index in [1.807, 2.05) is 6.07 Å². The number of thioether (sulfide) groups is 1. The Bertz CT molecular complexity index is 507. The predicted octanol–water partition coefficient (Wildman–Crippen LogP) is 2.63. The molecular formula is C13H15N3S. The predicted molar refractivity (Wildman–Crippen MR) is 71.3 cm³/mol. The molecule has 4 heteroatoms. The fourth-order valence-corrected chi connectivity index (χ4v) is 3.30. The number of rotatable bonds is 1. The van der Waals surface area contributed by atoms with E-state index in [2.05, 4.69) is 54.3 Å². The molecule has 0 bridgehead atoms. The fraction of sp³-hybridized carbons (Fsp3) is 0.231. The summed E-state index contributed by atoms with van der Waals surface area (Å²) in [4.78, 5) is 1.18. The average molecular weight is 245 g/mol. The summed E-state index contributed by atoms with van der Waals surface area (Å²) in [7, 11) is 2.08. The monoisotopic (exact) mass is 245 g/mol. The zero-order valence-electron chi connectivity index (χ0n) is 9.92. The number of allylic oxidation sites excluding steroid dienone is 1. The van der Waals surface area contributed by atoms with Gasteiger partial charge in [0.15, 0.2) is 0 Å². The van der Waals surface area contributed by atoms with Gasteiger partial charge in [-0.1, -0.05) is 42.1 Å². The first kappa shape index (κ1) is 10.7. The van der Waals surface area contributed by atoms with E-state index in [4.69, 9.17) is 5.73 Å². The van der Waals surface area contributed by atoms with E-state index in [1.54, 1.807) is 11.8 Å². The minimum atomic E-state index is 0.283. The Morgan fingerprint density at radius 2 is 1.94 bits per heavy atom. The van der Waals surface area contributed by atoms with Crippen LogP contribution in [0.1, 0.15) is 18.5 Å². The zero-order valence-corrected chi connectivity index (χ0v) is 10.7. The molecule has 1 aromatic rings. The molecule has 0 radical (unpaired) electrons. The number of hydrogen-bond donors (Lipinski definition) is 1. The summed E-state index contributed by atoms with van der Waals surface area (Å²) < 4.78 is 0. The summed E-state index contributed by atoms with van der Waals surface area (Å²) in [5.41, 5.74) is 7.39. The number of hydrogen-bond acceptors (Lipinski definition) is 4. The van der Waals surface area contributed by atoms with E-state index in [-0.39, 0.29) is 6.04 Å². The molecule has 3 nitrogen and oxygen atoms in total. The van der Waals surface area contributed by atoms with Gasteiger partial charge in [-0.25, -0.2) is 5.01 Å². The zero-order chi connectivity index (χ0) is 12.0. The van der Waals surface area contributed by atoms with Crippen LogP contribution in [0.5, 0.6) is 0 Å². The van der Waals surface area contributed by atoms with E-state index < -0.39 is 0 Å². The van der Waals surface area contributed by atoms with Gasteiger partial charge in [-0.15, -0.1) is 0 Å². The second-order valence-corrected chi connectivity index (χ2v) is 5.52. The topological polar surface area (TPSA) is 32.5 Å². The van der Waals surface area contributed by atoms with Gasteiger partial charge in [0, 0.05) is 12.0 Å². The van der Waals surface area contributed by atoms with Gasteiger partial charge >= 0.3 is 0 Å². The van der Waals surface area contributed by atoms with Crippen LogP contribution in [0.3, 0.4) is 0 Å². The van der Waals surface area contributed by atoms with Gasteiger partial charge in [-0.05, 0) is 18.6 Å². The van der Waals surface area contributed by atoms with Gasteiger partial charge in [0.1, 0.15) is 5.82 Å². The van der Waals surface area contributed by atoms with E-state index in [1.165, 1.54) is 15.5 Å². The first-order chi connectivity index (χ1) is 8.18. The first-order valence-corrected chi connectivity index (χ1v) is 6.44. The Labute approximate surface area is 106 Å². The van der Waals surface area contributed by atoms with Crippen molar-refractivity contribution in [2.75, 3.05) is 7.05 Å². The van der Waals surface area contributed by atoms with Gasteiger partial charge in [-0.3, -0.25) is 5.01 Å². The number of fused-ring (bicyclic) bond motifs is 1. The molecule has 1 atom stereocenters. The lowest BCUT2D eigenvalue weighted by Crippen LogP contribution is -2.35. The summed E-state index contributed by atoms with van der Waals surface area (Å²) in [6, 6.07) is 10.8. The molecule has 0 aliphatic carbocycles. The average Bonchev–Trinajstić information content (AvgIpc) is 2.80. The van der Waals surface area contributed by atoms with Crippen molar-refractivity contribution >= 4 is 11.8 Å². The van der Waals surface area contributed by atoms with Gasteiger partial charge in [0.2, 0.25) is 0 Å². The van der Waals surface area contributed by atoms with E-state index >= 15 is 0 Å². The molecule has 3 rings (SSSR count). The molecule has 88 valence electrons. The molecule has 17 heavy (non-hydrogen) atoms. The highest BCUT2D eigenvalue weighted by molar-refractivity contribution is 8.06. The largest absolute Gasteiger partial charge is 0.383 e.